The monoisotopic (exact) mass is 298 g/mol. The van der Waals surface area contributed by atoms with Crippen molar-refractivity contribution in [3.8, 4) is 0 Å². The van der Waals surface area contributed by atoms with Crippen LogP contribution in [0.1, 0.15) is 18.3 Å². The van der Waals surface area contributed by atoms with Crippen LogP contribution in [0, 0.1) is 11.3 Å². The molecule has 2 fully saturated rings. The second-order valence-electron chi connectivity index (χ2n) is 5.62. The van der Waals surface area contributed by atoms with Crippen LogP contribution in [-0.4, -0.2) is 34.5 Å². The molecule has 3 rings (SSSR count). The van der Waals surface area contributed by atoms with Crippen LogP contribution in [-0.2, 0) is 23.8 Å². The minimum Gasteiger partial charge on any atom is -0.348 e. The molecular formula is C14H18O5S. The number of ether oxygens (including phenoxy) is 2. The van der Waals surface area contributed by atoms with Gasteiger partial charge in [-0.3, -0.25) is 4.18 Å². The molecule has 0 radical (unpaired) electrons. The lowest BCUT2D eigenvalue weighted by atomic mass is 10.1. The maximum absolute atomic E-state index is 11.1. The highest BCUT2D eigenvalue weighted by Crippen LogP contribution is 2.55. The van der Waals surface area contributed by atoms with Crippen molar-refractivity contribution in [2.75, 3.05) is 26.1 Å². The average molecular weight is 298 g/mol. The number of fused-ring (bicyclic) bond motifs is 1. The van der Waals surface area contributed by atoms with E-state index >= 15 is 0 Å². The fraction of sp³-hybridized carbons (Fsp3) is 0.571. The van der Waals surface area contributed by atoms with Crippen LogP contribution in [0.5, 0.6) is 0 Å². The van der Waals surface area contributed by atoms with E-state index in [1.807, 2.05) is 30.3 Å². The smallest absolute Gasteiger partial charge is 0.264 e. The molecule has 0 N–H and O–H groups in total. The third kappa shape index (κ3) is 3.03. The van der Waals surface area contributed by atoms with Crippen molar-refractivity contribution in [2.24, 2.45) is 11.3 Å². The third-order valence-electron chi connectivity index (χ3n) is 3.96. The predicted octanol–water partition coefficient (Wildman–Crippen LogP) is 1.71. The molecule has 3 unspecified atom stereocenters. The summed E-state index contributed by atoms with van der Waals surface area (Å²) in [6.07, 6.45) is 1.59. The maximum atomic E-state index is 11.1. The van der Waals surface area contributed by atoms with E-state index in [0.717, 1.165) is 18.2 Å². The van der Waals surface area contributed by atoms with E-state index in [9.17, 15) is 8.42 Å². The Morgan fingerprint density at radius 1 is 1.30 bits per heavy atom. The predicted molar refractivity (Wildman–Crippen MR) is 72.4 cm³/mol. The van der Waals surface area contributed by atoms with Gasteiger partial charge in [-0.15, -0.1) is 0 Å². The van der Waals surface area contributed by atoms with Gasteiger partial charge in [-0.05, 0) is 12.3 Å². The van der Waals surface area contributed by atoms with Crippen molar-refractivity contribution in [1.29, 1.82) is 0 Å². The zero-order valence-electron chi connectivity index (χ0n) is 11.3. The van der Waals surface area contributed by atoms with Gasteiger partial charge < -0.3 is 9.47 Å². The fourth-order valence-corrected chi connectivity index (χ4v) is 3.03. The lowest BCUT2D eigenvalue weighted by molar-refractivity contribution is -0.142. The summed E-state index contributed by atoms with van der Waals surface area (Å²) in [6, 6.07) is 9.74. The minimum absolute atomic E-state index is 0.182. The summed E-state index contributed by atoms with van der Waals surface area (Å²) in [7, 11) is -3.41. The molecule has 2 aliphatic rings. The summed E-state index contributed by atoms with van der Waals surface area (Å²) >= 11 is 0. The molecule has 0 amide bonds. The highest BCUT2D eigenvalue weighted by Gasteiger charge is 2.57. The summed E-state index contributed by atoms with van der Waals surface area (Å²) in [6.45, 7) is 1.22. The molecule has 20 heavy (non-hydrogen) atoms. The van der Waals surface area contributed by atoms with Gasteiger partial charge in [-0.1, -0.05) is 30.3 Å². The molecule has 5 nitrogen and oxygen atoms in total. The molecule has 1 aromatic rings. The van der Waals surface area contributed by atoms with Gasteiger partial charge >= 0.3 is 0 Å². The number of benzene rings is 1. The number of hydrogen-bond donors (Lipinski definition) is 0. The topological polar surface area (TPSA) is 61.8 Å². The summed E-state index contributed by atoms with van der Waals surface area (Å²) in [5, 5.41) is 0. The van der Waals surface area contributed by atoms with Crippen LogP contribution in [0.4, 0.5) is 0 Å². The molecule has 1 heterocycles. The van der Waals surface area contributed by atoms with E-state index in [4.69, 9.17) is 13.7 Å². The highest BCUT2D eigenvalue weighted by atomic mass is 32.2. The van der Waals surface area contributed by atoms with Crippen molar-refractivity contribution < 1.29 is 22.1 Å². The minimum atomic E-state index is -3.41. The molecule has 6 heteroatoms. The molecule has 3 atom stereocenters. The van der Waals surface area contributed by atoms with Crippen LogP contribution in [0.15, 0.2) is 30.3 Å². The molecule has 0 aromatic heterocycles. The van der Waals surface area contributed by atoms with Crippen molar-refractivity contribution >= 4 is 10.1 Å². The first-order valence-corrected chi connectivity index (χ1v) is 8.43. The summed E-state index contributed by atoms with van der Waals surface area (Å²) in [4.78, 5) is 0. The Balaban J connectivity index is 1.64. The Hall–Kier alpha value is -0.950. The van der Waals surface area contributed by atoms with Crippen molar-refractivity contribution in [3.63, 3.8) is 0 Å². The molecular weight excluding hydrogens is 280 g/mol. The molecule has 0 spiro atoms. The van der Waals surface area contributed by atoms with E-state index in [-0.39, 0.29) is 18.3 Å². The first-order valence-electron chi connectivity index (χ1n) is 6.61. The molecule has 1 aliphatic heterocycles. The lowest BCUT2D eigenvalue weighted by Gasteiger charge is -2.18. The quantitative estimate of drug-likeness (QED) is 0.792. The second kappa shape index (κ2) is 5.11. The Kier molecular flexibility index (Phi) is 3.58. The summed E-state index contributed by atoms with van der Waals surface area (Å²) in [5.41, 5.74) is 0.778. The van der Waals surface area contributed by atoms with Crippen LogP contribution < -0.4 is 0 Å². The first-order chi connectivity index (χ1) is 9.49. The molecule has 0 bridgehead atoms. The van der Waals surface area contributed by atoms with Crippen LogP contribution in [0.25, 0.3) is 0 Å². The van der Waals surface area contributed by atoms with Crippen molar-refractivity contribution in [3.05, 3.63) is 35.9 Å². The van der Waals surface area contributed by atoms with E-state index in [1.165, 1.54) is 0 Å². The van der Waals surface area contributed by atoms with Gasteiger partial charge in [0.15, 0.2) is 6.29 Å². The van der Waals surface area contributed by atoms with Gasteiger partial charge in [0.1, 0.15) is 0 Å². The van der Waals surface area contributed by atoms with E-state index in [1.54, 1.807) is 0 Å². The molecule has 1 aromatic carbocycles. The van der Waals surface area contributed by atoms with E-state index in [2.05, 4.69) is 0 Å². The second-order valence-corrected chi connectivity index (χ2v) is 7.26. The average Bonchev–Trinajstić information content (AvgIpc) is 3.11. The van der Waals surface area contributed by atoms with Crippen molar-refractivity contribution in [2.45, 2.75) is 12.7 Å². The lowest BCUT2D eigenvalue weighted by Crippen LogP contribution is -2.21. The summed E-state index contributed by atoms with van der Waals surface area (Å²) in [5.74, 6) is 0.318. The number of rotatable bonds is 4. The SMILES string of the molecule is CS(=O)(=O)OCC12COC(c3ccccc3)OCC1C2. The van der Waals surface area contributed by atoms with Gasteiger partial charge in [0.25, 0.3) is 10.1 Å². The standard InChI is InChI=1S/C14H18O5S/c1-20(15,16)19-10-14-7-12(14)8-17-13(18-9-14)11-5-3-2-4-6-11/h2-6,12-13H,7-10H2,1H3. The largest absolute Gasteiger partial charge is 0.348 e. The third-order valence-corrected chi connectivity index (χ3v) is 4.51. The van der Waals surface area contributed by atoms with E-state index < -0.39 is 10.1 Å². The van der Waals surface area contributed by atoms with Gasteiger partial charge in [0, 0.05) is 11.0 Å². The molecule has 1 saturated heterocycles. The van der Waals surface area contributed by atoms with E-state index in [0.29, 0.717) is 19.1 Å². The molecule has 110 valence electrons. The Labute approximate surface area is 119 Å². The van der Waals surface area contributed by atoms with Crippen LogP contribution in [0.3, 0.4) is 0 Å². The fourth-order valence-electron chi connectivity index (χ4n) is 2.58. The van der Waals surface area contributed by atoms with Crippen LogP contribution >= 0.6 is 0 Å². The zero-order valence-corrected chi connectivity index (χ0v) is 12.1. The summed E-state index contributed by atoms with van der Waals surface area (Å²) < 4.78 is 38.8. The van der Waals surface area contributed by atoms with Gasteiger partial charge in [-0.25, -0.2) is 0 Å². The van der Waals surface area contributed by atoms with Gasteiger partial charge in [0.2, 0.25) is 0 Å². The maximum Gasteiger partial charge on any atom is 0.264 e. The molecule has 1 aliphatic carbocycles. The zero-order chi connectivity index (χ0) is 14.2. The highest BCUT2D eigenvalue weighted by molar-refractivity contribution is 7.85. The Morgan fingerprint density at radius 3 is 2.75 bits per heavy atom. The van der Waals surface area contributed by atoms with Crippen molar-refractivity contribution in [1.82, 2.24) is 0 Å². The molecule has 1 saturated carbocycles. The van der Waals surface area contributed by atoms with Crippen LogP contribution in [0.2, 0.25) is 0 Å². The van der Waals surface area contributed by atoms with Gasteiger partial charge in [0.05, 0.1) is 26.1 Å². The Morgan fingerprint density at radius 2 is 2.05 bits per heavy atom. The van der Waals surface area contributed by atoms with Gasteiger partial charge in [-0.2, -0.15) is 8.42 Å². The normalized spacial score (nSPS) is 33.2. The number of hydrogen-bond acceptors (Lipinski definition) is 5. The Bertz CT molecular complexity index is 570. The first kappa shape index (κ1) is 14.0.